The van der Waals surface area contributed by atoms with Gasteiger partial charge in [-0.25, -0.2) is 0 Å². The molecule has 0 aliphatic heterocycles. The molecule has 0 spiro atoms. The van der Waals surface area contributed by atoms with Crippen molar-refractivity contribution in [2.75, 3.05) is 20.8 Å². The van der Waals surface area contributed by atoms with Crippen molar-refractivity contribution in [2.24, 2.45) is 5.92 Å². The number of carboxylic acid groups (broad SMARTS) is 1. The van der Waals surface area contributed by atoms with Crippen LogP contribution in [0.1, 0.15) is 41.2 Å². The van der Waals surface area contributed by atoms with Crippen molar-refractivity contribution in [3.05, 3.63) is 89.0 Å². The lowest BCUT2D eigenvalue weighted by Crippen LogP contribution is -2.21. The molecule has 0 bridgehead atoms. The quantitative estimate of drug-likeness (QED) is 0.343. The van der Waals surface area contributed by atoms with Gasteiger partial charge in [-0.1, -0.05) is 42.5 Å². The SMILES string of the molecule is COc1cc([C@@H](O)[C@@H](CCCc2ccccc2)COc2cccc(CC(=O)O)c2)cc(OC)c1C. The number of carbonyl (C=O) groups is 1. The van der Waals surface area contributed by atoms with Crippen molar-refractivity contribution < 1.29 is 29.2 Å². The van der Waals surface area contributed by atoms with Crippen LogP contribution in [-0.4, -0.2) is 37.0 Å². The van der Waals surface area contributed by atoms with Gasteiger partial charge in [0.15, 0.2) is 0 Å². The van der Waals surface area contributed by atoms with E-state index in [1.165, 1.54) is 5.56 Å². The Hall–Kier alpha value is -3.51. The van der Waals surface area contributed by atoms with Crippen molar-refractivity contribution in [2.45, 2.75) is 38.7 Å². The molecule has 0 aliphatic carbocycles. The van der Waals surface area contributed by atoms with Crippen LogP contribution in [0.4, 0.5) is 0 Å². The molecule has 3 aromatic rings. The number of ether oxygens (including phenoxy) is 3. The third kappa shape index (κ3) is 7.49. The number of hydrogen-bond donors (Lipinski definition) is 2. The number of aliphatic hydroxyl groups is 1. The minimum Gasteiger partial charge on any atom is -0.496 e. The summed E-state index contributed by atoms with van der Waals surface area (Å²) >= 11 is 0. The third-order valence-electron chi connectivity index (χ3n) is 6.16. The molecule has 0 heterocycles. The lowest BCUT2D eigenvalue weighted by atomic mass is 9.90. The van der Waals surface area contributed by atoms with Crippen molar-refractivity contribution in [3.8, 4) is 17.2 Å². The zero-order valence-corrected chi connectivity index (χ0v) is 20.6. The Morgan fingerprint density at radius 3 is 2.20 bits per heavy atom. The van der Waals surface area contributed by atoms with Gasteiger partial charge in [-0.2, -0.15) is 0 Å². The zero-order valence-electron chi connectivity index (χ0n) is 20.6. The molecule has 186 valence electrons. The van der Waals surface area contributed by atoms with Crippen molar-refractivity contribution in [1.82, 2.24) is 0 Å². The highest BCUT2D eigenvalue weighted by atomic mass is 16.5. The van der Waals surface area contributed by atoms with Crippen LogP contribution in [0.15, 0.2) is 66.7 Å². The van der Waals surface area contributed by atoms with Gasteiger partial charge in [0.25, 0.3) is 0 Å². The van der Waals surface area contributed by atoms with Gasteiger partial charge in [0.1, 0.15) is 17.2 Å². The minimum absolute atomic E-state index is 0.0662. The Balaban J connectivity index is 1.78. The molecule has 35 heavy (non-hydrogen) atoms. The van der Waals surface area contributed by atoms with E-state index in [9.17, 15) is 9.90 Å². The second-order valence-corrected chi connectivity index (χ2v) is 8.66. The fraction of sp³-hybridized carbons (Fsp3) is 0.345. The molecule has 0 aliphatic rings. The van der Waals surface area contributed by atoms with E-state index in [1.807, 2.05) is 37.3 Å². The van der Waals surface area contributed by atoms with Gasteiger partial charge in [0, 0.05) is 11.5 Å². The van der Waals surface area contributed by atoms with Crippen LogP contribution in [0.25, 0.3) is 0 Å². The van der Waals surface area contributed by atoms with Crippen LogP contribution in [0.5, 0.6) is 17.2 Å². The van der Waals surface area contributed by atoms with E-state index in [1.54, 1.807) is 38.5 Å². The minimum atomic E-state index is -0.890. The van der Waals surface area contributed by atoms with Crippen molar-refractivity contribution in [3.63, 3.8) is 0 Å². The number of hydrogen-bond acceptors (Lipinski definition) is 5. The van der Waals surface area contributed by atoms with Crippen LogP contribution in [0, 0.1) is 12.8 Å². The van der Waals surface area contributed by atoms with E-state index >= 15 is 0 Å². The highest BCUT2D eigenvalue weighted by Gasteiger charge is 2.24. The van der Waals surface area contributed by atoms with E-state index in [-0.39, 0.29) is 18.9 Å². The number of aliphatic hydroxyl groups excluding tert-OH is 1. The number of methoxy groups -OCH3 is 2. The summed E-state index contributed by atoms with van der Waals surface area (Å²) < 4.78 is 17.1. The summed E-state index contributed by atoms with van der Waals surface area (Å²) in [7, 11) is 3.20. The number of aliphatic carboxylic acids is 1. The largest absolute Gasteiger partial charge is 0.496 e. The third-order valence-corrected chi connectivity index (χ3v) is 6.16. The summed E-state index contributed by atoms with van der Waals surface area (Å²) in [5, 5.41) is 20.5. The molecule has 6 heteroatoms. The second kappa shape index (κ2) is 12.8. The maximum Gasteiger partial charge on any atom is 0.307 e. The van der Waals surface area contributed by atoms with Gasteiger partial charge < -0.3 is 24.4 Å². The fourth-order valence-electron chi connectivity index (χ4n) is 4.22. The molecule has 0 saturated heterocycles. The van der Waals surface area contributed by atoms with Gasteiger partial charge >= 0.3 is 5.97 Å². The van der Waals surface area contributed by atoms with Crippen LogP contribution in [0.2, 0.25) is 0 Å². The summed E-state index contributed by atoms with van der Waals surface area (Å²) in [5.41, 5.74) is 3.50. The molecule has 3 rings (SSSR count). The molecular formula is C29H34O6. The van der Waals surface area contributed by atoms with Crippen LogP contribution < -0.4 is 14.2 Å². The molecule has 0 radical (unpaired) electrons. The lowest BCUT2D eigenvalue weighted by molar-refractivity contribution is -0.136. The first-order valence-corrected chi connectivity index (χ1v) is 11.8. The Kier molecular flexibility index (Phi) is 9.56. The van der Waals surface area contributed by atoms with Crippen molar-refractivity contribution in [1.29, 1.82) is 0 Å². The smallest absolute Gasteiger partial charge is 0.307 e. The van der Waals surface area contributed by atoms with E-state index in [4.69, 9.17) is 19.3 Å². The maximum absolute atomic E-state index is 11.4. The van der Waals surface area contributed by atoms with E-state index in [0.717, 1.165) is 24.8 Å². The van der Waals surface area contributed by atoms with E-state index in [2.05, 4.69) is 12.1 Å². The summed E-state index contributed by atoms with van der Waals surface area (Å²) in [6.45, 7) is 2.20. The predicted molar refractivity (Wildman–Crippen MR) is 135 cm³/mol. The monoisotopic (exact) mass is 478 g/mol. The molecule has 6 nitrogen and oxygen atoms in total. The predicted octanol–water partition coefficient (Wildman–Crippen LogP) is 5.39. The molecule has 0 fully saturated rings. The second-order valence-electron chi connectivity index (χ2n) is 8.66. The van der Waals surface area contributed by atoms with Gasteiger partial charge in [-0.3, -0.25) is 4.79 Å². The molecule has 0 unspecified atom stereocenters. The average Bonchev–Trinajstić information content (AvgIpc) is 2.86. The fourth-order valence-corrected chi connectivity index (χ4v) is 4.22. The standard InChI is InChI=1S/C29H34O6/c1-20-26(33-2)17-24(18-27(20)34-3)29(32)23(13-7-11-21-9-5-4-6-10-21)19-35-25-14-8-12-22(15-25)16-28(30)31/h4-6,8-10,12,14-15,17-18,23,29,32H,7,11,13,16,19H2,1-3H3,(H,30,31)/t23-,29-/m0/s1. The van der Waals surface area contributed by atoms with Gasteiger partial charge in [0.2, 0.25) is 0 Å². The molecule has 0 amide bonds. The topological polar surface area (TPSA) is 85.2 Å². The Labute approximate surface area is 207 Å². The van der Waals surface area contributed by atoms with Crippen LogP contribution in [0.3, 0.4) is 0 Å². The number of aryl methyl sites for hydroxylation is 1. The van der Waals surface area contributed by atoms with Crippen molar-refractivity contribution >= 4 is 5.97 Å². The van der Waals surface area contributed by atoms with Crippen LogP contribution >= 0.6 is 0 Å². The Morgan fingerprint density at radius 2 is 1.57 bits per heavy atom. The van der Waals surface area contributed by atoms with Gasteiger partial charge in [0.05, 0.1) is 33.4 Å². The normalized spacial score (nSPS) is 12.6. The van der Waals surface area contributed by atoms with Gasteiger partial charge in [-0.15, -0.1) is 0 Å². The molecule has 3 aromatic carbocycles. The summed E-state index contributed by atoms with van der Waals surface area (Å²) in [4.78, 5) is 11.1. The highest BCUT2D eigenvalue weighted by molar-refractivity contribution is 5.70. The molecular weight excluding hydrogens is 444 g/mol. The number of rotatable bonds is 13. The first-order chi connectivity index (χ1) is 16.9. The zero-order chi connectivity index (χ0) is 25.2. The Morgan fingerprint density at radius 1 is 0.914 bits per heavy atom. The molecule has 2 atom stereocenters. The Bertz CT molecular complexity index is 1070. The van der Waals surface area contributed by atoms with Gasteiger partial charge in [-0.05, 0) is 67.1 Å². The molecule has 0 saturated carbocycles. The van der Waals surface area contributed by atoms with E-state index < -0.39 is 12.1 Å². The van der Waals surface area contributed by atoms with E-state index in [0.29, 0.717) is 28.4 Å². The molecule has 0 aromatic heterocycles. The first-order valence-electron chi connectivity index (χ1n) is 11.8. The lowest BCUT2D eigenvalue weighted by Gasteiger charge is -2.25. The number of benzene rings is 3. The summed E-state index contributed by atoms with van der Waals surface area (Å²) in [6, 6.07) is 21.0. The average molecular weight is 479 g/mol. The highest BCUT2D eigenvalue weighted by Crippen LogP contribution is 2.36. The maximum atomic E-state index is 11.4. The van der Waals surface area contributed by atoms with Crippen LogP contribution in [-0.2, 0) is 17.6 Å². The first kappa shape index (κ1) is 26.1. The molecule has 2 N–H and O–H groups in total. The summed E-state index contributed by atoms with van der Waals surface area (Å²) in [5.74, 6) is 0.813. The summed E-state index contributed by atoms with van der Waals surface area (Å²) in [6.07, 6.45) is 1.66. The number of carboxylic acids is 1.